The van der Waals surface area contributed by atoms with Crippen LogP contribution in [0.4, 0.5) is 0 Å². The van der Waals surface area contributed by atoms with Crippen molar-refractivity contribution in [3.8, 4) is 11.5 Å². The fraction of sp³-hybridized carbons (Fsp3) is 0.286. The average Bonchev–Trinajstić information content (AvgIpc) is 2.91. The molecule has 1 saturated heterocycles. The zero-order valence-electron chi connectivity index (χ0n) is 19.6. The number of benzene rings is 3. The van der Waals surface area contributed by atoms with E-state index in [-0.39, 0.29) is 17.7 Å². The lowest BCUT2D eigenvalue weighted by Crippen LogP contribution is -2.39. The second kappa shape index (κ2) is 10.9. The third-order valence-corrected chi connectivity index (χ3v) is 6.30. The molecule has 1 N–H and O–H groups in total. The molecule has 0 aliphatic carbocycles. The summed E-state index contributed by atoms with van der Waals surface area (Å²) in [6, 6.07) is 22.6. The summed E-state index contributed by atoms with van der Waals surface area (Å²) >= 11 is 0. The van der Waals surface area contributed by atoms with Crippen LogP contribution in [0.1, 0.15) is 50.6 Å². The van der Waals surface area contributed by atoms with Gasteiger partial charge in [-0.3, -0.25) is 9.59 Å². The molecule has 6 nitrogen and oxygen atoms in total. The van der Waals surface area contributed by atoms with Gasteiger partial charge in [-0.1, -0.05) is 30.3 Å². The van der Waals surface area contributed by atoms with Gasteiger partial charge in [0, 0.05) is 42.2 Å². The molecule has 0 aromatic heterocycles. The first-order chi connectivity index (χ1) is 16.6. The van der Waals surface area contributed by atoms with Crippen molar-refractivity contribution >= 4 is 11.8 Å². The summed E-state index contributed by atoms with van der Waals surface area (Å²) < 4.78 is 10.6. The number of carbonyl (C=O) groups excluding carboxylic acids is 2. The number of amides is 2. The lowest BCUT2D eigenvalue weighted by atomic mass is 9.89. The number of likely N-dealkylation sites (tertiary alicyclic amines) is 1. The predicted molar refractivity (Wildman–Crippen MR) is 131 cm³/mol. The van der Waals surface area contributed by atoms with E-state index in [0.29, 0.717) is 24.2 Å². The van der Waals surface area contributed by atoms with Crippen molar-refractivity contribution in [2.24, 2.45) is 0 Å². The Morgan fingerprint density at radius 2 is 1.74 bits per heavy atom. The van der Waals surface area contributed by atoms with Crippen LogP contribution in [0.25, 0.3) is 0 Å². The molecule has 34 heavy (non-hydrogen) atoms. The van der Waals surface area contributed by atoms with Gasteiger partial charge < -0.3 is 19.7 Å². The highest BCUT2D eigenvalue weighted by atomic mass is 16.5. The number of rotatable bonds is 7. The maximum Gasteiger partial charge on any atom is 0.253 e. The third-order valence-electron chi connectivity index (χ3n) is 6.30. The van der Waals surface area contributed by atoms with Crippen LogP contribution in [0.3, 0.4) is 0 Å². The lowest BCUT2D eigenvalue weighted by Gasteiger charge is -2.33. The molecule has 176 valence electrons. The molecule has 0 spiro atoms. The second-order valence-electron chi connectivity index (χ2n) is 8.44. The van der Waals surface area contributed by atoms with Crippen molar-refractivity contribution < 1.29 is 19.1 Å². The standard InChI is InChI=1S/C28H30N2O4/c1-33-25-14-12-20(13-15-25)28(32)30-16-6-10-24(19-30)21-8-5-9-22(17-21)27(31)29-18-23-7-3-4-11-26(23)34-2/h3-5,7-9,11-15,17,24H,6,10,16,18-19H2,1-2H3,(H,29,31)/t24-/m1/s1. The maximum absolute atomic E-state index is 13.0. The molecule has 1 aliphatic rings. The van der Waals surface area contributed by atoms with Crippen LogP contribution in [-0.4, -0.2) is 44.0 Å². The molecule has 0 saturated carbocycles. The van der Waals surface area contributed by atoms with Crippen LogP contribution in [0.5, 0.6) is 11.5 Å². The number of carbonyl (C=O) groups is 2. The van der Waals surface area contributed by atoms with Gasteiger partial charge >= 0.3 is 0 Å². The van der Waals surface area contributed by atoms with E-state index >= 15 is 0 Å². The van der Waals surface area contributed by atoms with E-state index < -0.39 is 0 Å². The van der Waals surface area contributed by atoms with Gasteiger partial charge in [0.25, 0.3) is 11.8 Å². The summed E-state index contributed by atoms with van der Waals surface area (Å²) in [6.07, 6.45) is 1.91. The molecule has 1 atom stereocenters. The molecule has 2 amide bonds. The maximum atomic E-state index is 13.0. The fourth-order valence-corrected chi connectivity index (χ4v) is 4.41. The first-order valence-electron chi connectivity index (χ1n) is 11.5. The Kier molecular flexibility index (Phi) is 7.48. The lowest BCUT2D eigenvalue weighted by molar-refractivity contribution is 0.0706. The van der Waals surface area contributed by atoms with Crippen LogP contribution >= 0.6 is 0 Å². The van der Waals surface area contributed by atoms with Gasteiger partial charge in [0.15, 0.2) is 0 Å². The number of piperidine rings is 1. The van der Waals surface area contributed by atoms with Gasteiger partial charge in [0.2, 0.25) is 0 Å². The number of hydrogen-bond donors (Lipinski definition) is 1. The minimum Gasteiger partial charge on any atom is -0.497 e. The van der Waals surface area contributed by atoms with E-state index in [1.807, 2.05) is 65.6 Å². The zero-order chi connectivity index (χ0) is 23.9. The van der Waals surface area contributed by atoms with E-state index in [0.717, 1.165) is 42.0 Å². The Morgan fingerprint density at radius 3 is 2.50 bits per heavy atom. The molecule has 4 rings (SSSR count). The second-order valence-corrected chi connectivity index (χ2v) is 8.44. The van der Waals surface area contributed by atoms with Crippen molar-refractivity contribution in [2.75, 3.05) is 27.3 Å². The van der Waals surface area contributed by atoms with Crippen molar-refractivity contribution in [1.82, 2.24) is 10.2 Å². The Balaban J connectivity index is 1.42. The van der Waals surface area contributed by atoms with Gasteiger partial charge in [-0.25, -0.2) is 0 Å². The Bertz CT molecular complexity index is 1140. The third kappa shape index (κ3) is 5.39. The van der Waals surface area contributed by atoms with Crippen molar-refractivity contribution in [1.29, 1.82) is 0 Å². The normalized spacial score (nSPS) is 15.5. The SMILES string of the molecule is COc1ccc(C(=O)N2CCC[C@@H](c3cccc(C(=O)NCc4ccccc4OC)c3)C2)cc1. The summed E-state index contributed by atoms with van der Waals surface area (Å²) in [5.41, 5.74) is 3.28. The van der Waals surface area contributed by atoms with Crippen molar-refractivity contribution in [3.05, 3.63) is 95.1 Å². The molecule has 0 unspecified atom stereocenters. The van der Waals surface area contributed by atoms with Gasteiger partial charge in [0.1, 0.15) is 11.5 Å². The van der Waals surface area contributed by atoms with Gasteiger partial charge in [-0.05, 0) is 60.9 Å². The Labute approximate surface area is 200 Å². The first kappa shape index (κ1) is 23.4. The molecule has 0 radical (unpaired) electrons. The highest BCUT2D eigenvalue weighted by Crippen LogP contribution is 2.29. The largest absolute Gasteiger partial charge is 0.497 e. The van der Waals surface area contributed by atoms with Gasteiger partial charge in [-0.15, -0.1) is 0 Å². The molecule has 6 heteroatoms. The van der Waals surface area contributed by atoms with Crippen LogP contribution in [0.15, 0.2) is 72.8 Å². The highest BCUT2D eigenvalue weighted by Gasteiger charge is 2.26. The molecular weight excluding hydrogens is 428 g/mol. The minimum atomic E-state index is -0.130. The van der Waals surface area contributed by atoms with Crippen LogP contribution in [0, 0.1) is 0 Å². The molecule has 0 bridgehead atoms. The number of ether oxygens (including phenoxy) is 2. The van der Waals surface area contributed by atoms with Crippen LogP contribution < -0.4 is 14.8 Å². The van der Waals surface area contributed by atoms with Crippen molar-refractivity contribution in [3.63, 3.8) is 0 Å². The zero-order valence-corrected chi connectivity index (χ0v) is 19.6. The molecule has 3 aromatic rings. The van der Waals surface area contributed by atoms with E-state index in [4.69, 9.17) is 9.47 Å². The van der Waals surface area contributed by atoms with Crippen LogP contribution in [-0.2, 0) is 6.54 Å². The summed E-state index contributed by atoms with van der Waals surface area (Å²) in [6.45, 7) is 1.76. The summed E-state index contributed by atoms with van der Waals surface area (Å²) in [5, 5.41) is 2.98. The van der Waals surface area contributed by atoms with Crippen LogP contribution in [0.2, 0.25) is 0 Å². The summed E-state index contributed by atoms with van der Waals surface area (Å²) in [4.78, 5) is 27.8. The number of methoxy groups -OCH3 is 2. The Morgan fingerprint density at radius 1 is 0.941 bits per heavy atom. The topological polar surface area (TPSA) is 67.9 Å². The summed E-state index contributed by atoms with van der Waals surface area (Å²) in [7, 11) is 3.23. The average molecular weight is 459 g/mol. The minimum absolute atomic E-state index is 0.0260. The number of para-hydroxylation sites is 1. The molecule has 1 fully saturated rings. The monoisotopic (exact) mass is 458 g/mol. The van der Waals surface area contributed by atoms with Gasteiger partial charge in [-0.2, -0.15) is 0 Å². The fourth-order valence-electron chi connectivity index (χ4n) is 4.41. The summed E-state index contributed by atoms with van der Waals surface area (Å²) in [5.74, 6) is 1.57. The molecular formula is C28H30N2O4. The Hall–Kier alpha value is -3.80. The smallest absolute Gasteiger partial charge is 0.253 e. The highest BCUT2D eigenvalue weighted by molar-refractivity contribution is 5.95. The molecule has 1 aliphatic heterocycles. The molecule has 1 heterocycles. The first-order valence-corrected chi connectivity index (χ1v) is 11.5. The van der Waals surface area contributed by atoms with E-state index in [1.165, 1.54) is 0 Å². The number of nitrogens with zero attached hydrogens (tertiary/aromatic N) is 1. The van der Waals surface area contributed by atoms with E-state index in [2.05, 4.69) is 5.32 Å². The predicted octanol–water partition coefficient (Wildman–Crippen LogP) is 4.65. The number of nitrogens with one attached hydrogen (secondary N) is 1. The number of hydrogen-bond acceptors (Lipinski definition) is 4. The van der Waals surface area contributed by atoms with E-state index in [1.54, 1.807) is 26.4 Å². The van der Waals surface area contributed by atoms with E-state index in [9.17, 15) is 9.59 Å². The van der Waals surface area contributed by atoms with Crippen molar-refractivity contribution in [2.45, 2.75) is 25.3 Å². The molecule has 3 aromatic carbocycles. The van der Waals surface area contributed by atoms with Gasteiger partial charge in [0.05, 0.1) is 14.2 Å². The quantitative estimate of drug-likeness (QED) is 0.560.